The molecule has 214 valence electrons. The molecule has 1 amide bonds. The number of hydrogen-bond donors (Lipinski definition) is 0. The smallest absolute Gasteiger partial charge is 0.353 e. The van der Waals surface area contributed by atoms with Gasteiger partial charge in [-0.15, -0.1) is 23.7 Å². The summed E-state index contributed by atoms with van der Waals surface area (Å²) in [4.78, 5) is 44.9. The summed E-state index contributed by atoms with van der Waals surface area (Å²) in [6, 6.07) is 11.8. The van der Waals surface area contributed by atoms with Crippen molar-refractivity contribution in [2.24, 2.45) is 11.8 Å². The van der Waals surface area contributed by atoms with Gasteiger partial charge < -0.3 is 19.3 Å². The van der Waals surface area contributed by atoms with E-state index in [9.17, 15) is 14.4 Å². The molecule has 39 heavy (non-hydrogen) atoms. The topological polar surface area (TPSA) is 76.1 Å². The lowest BCUT2D eigenvalue weighted by Crippen LogP contribution is -2.49. The Morgan fingerprint density at radius 3 is 2.18 bits per heavy atom. The van der Waals surface area contributed by atoms with E-state index in [2.05, 4.69) is 18.9 Å². The standard InChI is InChI=1S/C30H40N2O5S.ClH/c1-20-11-13-23(14-12-20)28(34)32(24-15-17-31(5)18-16-24)25-19-26(22-9-7-6-8-10-22)38-27(25)29(35)37-30(3,4)36-21(2)33;/h6-10,19-20,23-24H,11-18H2,1-5H3;1H. The van der Waals surface area contributed by atoms with Crippen LogP contribution in [0, 0.1) is 11.8 Å². The first-order valence-electron chi connectivity index (χ1n) is 13.7. The fraction of sp³-hybridized carbons (Fsp3) is 0.567. The van der Waals surface area contributed by atoms with Crippen molar-refractivity contribution in [1.29, 1.82) is 0 Å². The second kappa shape index (κ2) is 13.3. The minimum absolute atomic E-state index is 0. The predicted molar refractivity (Wildman–Crippen MR) is 157 cm³/mol. The highest BCUT2D eigenvalue weighted by molar-refractivity contribution is 7.18. The normalized spacial score (nSPS) is 20.5. The van der Waals surface area contributed by atoms with Gasteiger partial charge in [-0.2, -0.15) is 0 Å². The van der Waals surface area contributed by atoms with Gasteiger partial charge in [-0.05, 0) is 76.2 Å². The Bertz CT molecular complexity index is 1140. The van der Waals surface area contributed by atoms with Crippen LogP contribution < -0.4 is 4.90 Å². The summed E-state index contributed by atoms with van der Waals surface area (Å²) in [5.74, 6) is -1.87. The largest absolute Gasteiger partial charge is 0.423 e. The van der Waals surface area contributed by atoms with Crippen LogP contribution in [-0.2, 0) is 19.1 Å². The third-order valence-electron chi connectivity index (χ3n) is 7.60. The minimum atomic E-state index is -1.43. The molecule has 1 saturated carbocycles. The van der Waals surface area contributed by atoms with Crippen LogP contribution in [0.2, 0.25) is 0 Å². The number of benzene rings is 1. The highest BCUT2D eigenvalue weighted by atomic mass is 35.5. The fourth-order valence-electron chi connectivity index (χ4n) is 5.54. The molecule has 2 fully saturated rings. The molecule has 1 aromatic heterocycles. The molecule has 2 aromatic rings. The Balaban J connectivity index is 0.00000420. The van der Waals surface area contributed by atoms with Crippen LogP contribution >= 0.6 is 23.7 Å². The molecule has 0 radical (unpaired) electrons. The lowest BCUT2D eigenvalue weighted by atomic mass is 9.82. The second-order valence-electron chi connectivity index (χ2n) is 11.3. The zero-order valence-electron chi connectivity index (χ0n) is 23.6. The van der Waals surface area contributed by atoms with Gasteiger partial charge in [-0.25, -0.2) is 4.79 Å². The van der Waals surface area contributed by atoms with Crippen molar-refractivity contribution in [1.82, 2.24) is 4.90 Å². The summed E-state index contributed by atoms with van der Waals surface area (Å²) >= 11 is 1.32. The van der Waals surface area contributed by atoms with E-state index in [0.29, 0.717) is 16.5 Å². The summed E-state index contributed by atoms with van der Waals surface area (Å²) in [5, 5.41) is 0. The highest BCUT2D eigenvalue weighted by Crippen LogP contribution is 2.41. The van der Waals surface area contributed by atoms with Gasteiger partial charge in [0.2, 0.25) is 5.91 Å². The first-order chi connectivity index (χ1) is 18.0. The van der Waals surface area contributed by atoms with Crippen molar-refractivity contribution in [2.45, 2.75) is 78.0 Å². The van der Waals surface area contributed by atoms with Gasteiger partial charge in [-0.3, -0.25) is 9.59 Å². The van der Waals surface area contributed by atoms with Crippen LogP contribution in [0.25, 0.3) is 10.4 Å². The Morgan fingerprint density at radius 1 is 0.974 bits per heavy atom. The summed E-state index contributed by atoms with van der Waals surface area (Å²) in [6.45, 7) is 8.41. The molecule has 0 bridgehead atoms. The van der Waals surface area contributed by atoms with Gasteiger partial charge in [0.25, 0.3) is 5.79 Å². The molecule has 9 heteroatoms. The Morgan fingerprint density at radius 2 is 1.59 bits per heavy atom. The van der Waals surface area contributed by atoms with Crippen molar-refractivity contribution >= 4 is 47.3 Å². The number of amides is 1. The number of ether oxygens (including phenoxy) is 2. The first kappa shape index (κ1) is 31.1. The van der Waals surface area contributed by atoms with Gasteiger partial charge in [0.1, 0.15) is 4.88 Å². The molecule has 7 nitrogen and oxygen atoms in total. The number of piperidine rings is 1. The molecule has 0 atom stereocenters. The van der Waals surface area contributed by atoms with E-state index in [1.165, 1.54) is 18.3 Å². The Labute approximate surface area is 242 Å². The molecular formula is C30H41ClN2O5S. The van der Waals surface area contributed by atoms with Crippen molar-refractivity contribution in [3.8, 4) is 10.4 Å². The van der Waals surface area contributed by atoms with Crippen molar-refractivity contribution < 1.29 is 23.9 Å². The maximum Gasteiger partial charge on any atom is 0.353 e. The van der Waals surface area contributed by atoms with Gasteiger partial charge in [0, 0.05) is 37.6 Å². The van der Waals surface area contributed by atoms with Gasteiger partial charge in [0.05, 0.1) is 5.69 Å². The molecular weight excluding hydrogens is 536 g/mol. The van der Waals surface area contributed by atoms with Gasteiger partial charge in [-0.1, -0.05) is 37.3 Å². The number of likely N-dealkylation sites (tertiary alicyclic amines) is 1. The maximum absolute atomic E-state index is 14.2. The van der Waals surface area contributed by atoms with Crippen molar-refractivity contribution in [3.05, 3.63) is 41.3 Å². The van der Waals surface area contributed by atoms with E-state index in [0.717, 1.165) is 62.1 Å². The molecule has 0 spiro atoms. The molecule has 2 heterocycles. The molecule has 0 N–H and O–H groups in total. The van der Waals surface area contributed by atoms with E-state index in [1.54, 1.807) is 13.8 Å². The molecule has 2 aliphatic rings. The number of hydrogen-bond acceptors (Lipinski definition) is 7. The first-order valence-corrected chi connectivity index (χ1v) is 14.5. The van der Waals surface area contributed by atoms with Crippen LogP contribution in [-0.4, -0.2) is 54.7 Å². The maximum atomic E-state index is 14.2. The van der Waals surface area contributed by atoms with Crippen LogP contribution in [0.3, 0.4) is 0 Å². The quantitative estimate of drug-likeness (QED) is 0.275. The highest BCUT2D eigenvalue weighted by Gasteiger charge is 2.38. The minimum Gasteiger partial charge on any atom is -0.423 e. The SMILES string of the molecule is CC(=O)OC(C)(C)OC(=O)c1sc(-c2ccccc2)cc1N(C(=O)C1CCC(C)CC1)C1CCN(C)CC1.Cl. The molecule has 0 unspecified atom stereocenters. The number of carbonyl (C=O) groups is 3. The summed E-state index contributed by atoms with van der Waals surface area (Å²) in [5.41, 5.74) is 1.58. The number of thiophene rings is 1. The third-order valence-corrected chi connectivity index (χ3v) is 8.75. The summed E-state index contributed by atoms with van der Waals surface area (Å²) in [6.07, 6.45) is 5.52. The average molecular weight is 577 g/mol. The summed E-state index contributed by atoms with van der Waals surface area (Å²) < 4.78 is 10.9. The van der Waals surface area contributed by atoms with E-state index in [1.807, 2.05) is 41.3 Å². The van der Waals surface area contributed by atoms with Gasteiger partial charge in [0.15, 0.2) is 0 Å². The number of carbonyl (C=O) groups excluding carboxylic acids is 3. The Hall–Kier alpha value is -2.42. The lowest BCUT2D eigenvalue weighted by Gasteiger charge is -2.40. The third kappa shape index (κ3) is 7.83. The van der Waals surface area contributed by atoms with Crippen LogP contribution in [0.15, 0.2) is 36.4 Å². The van der Waals surface area contributed by atoms with Crippen LogP contribution in [0.4, 0.5) is 5.69 Å². The van der Waals surface area contributed by atoms with E-state index < -0.39 is 17.7 Å². The number of nitrogens with zero attached hydrogens (tertiary/aromatic N) is 2. The molecule has 1 saturated heterocycles. The molecule has 1 aliphatic heterocycles. The molecule has 4 rings (SSSR count). The lowest BCUT2D eigenvalue weighted by molar-refractivity contribution is -0.193. The summed E-state index contributed by atoms with van der Waals surface area (Å²) in [7, 11) is 2.10. The van der Waals surface area contributed by atoms with Crippen LogP contribution in [0.5, 0.6) is 0 Å². The zero-order valence-corrected chi connectivity index (χ0v) is 25.2. The van der Waals surface area contributed by atoms with E-state index in [4.69, 9.17) is 9.47 Å². The number of halogens is 1. The second-order valence-corrected chi connectivity index (χ2v) is 12.3. The van der Waals surface area contributed by atoms with Crippen LogP contribution in [0.1, 0.15) is 75.9 Å². The number of esters is 2. The fourth-order valence-corrected chi connectivity index (χ4v) is 6.57. The number of anilines is 1. The predicted octanol–water partition coefficient (Wildman–Crippen LogP) is 6.55. The number of rotatable bonds is 7. The monoisotopic (exact) mass is 576 g/mol. The average Bonchev–Trinajstić information content (AvgIpc) is 3.30. The van der Waals surface area contributed by atoms with Crippen molar-refractivity contribution in [3.63, 3.8) is 0 Å². The van der Waals surface area contributed by atoms with Crippen molar-refractivity contribution in [2.75, 3.05) is 25.0 Å². The van der Waals surface area contributed by atoms with E-state index >= 15 is 0 Å². The zero-order chi connectivity index (χ0) is 27.4. The van der Waals surface area contributed by atoms with Gasteiger partial charge >= 0.3 is 11.9 Å². The molecule has 1 aromatic carbocycles. The Kier molecular flexibility index (Phi) is 10.6. The van der Waals surface area contributed by atoms with E-state index in [-0.39, 0.29) is 30.3 Å². The molecule has 1 aliphatic carbocycles.